The normalized spacial score (nSPS) is 14.1. The number of nitriles is 1. The number of fused-ring (bicyclic) bond motifs is 9. The molecule has 2 nitrogen and oxygen atoms in total. The largest absolute Gasteiger partial charge is 0.311 e. The van der Waals surface area contributed by atoms with E-state index in [-0.39, 0.29) is 12.1 Å². The molecule has 0 saturated heterocycles. The molecule has 0 atom stereocenters. The number of hydrogen-bond acceptors (Lipinski definition) is 2. The lowest BCUT2D eigenvalue weighted by Gasteiger charge is -2.41. The quantitative estimate of drug-likeness (QED) is 0.168. The van der Waals surface area contributed by atoms with Gasteiger partial charge in [-0.05, 0) is 124 Å². The van der Waals surface area contributed by atoms with E-state index in [0.29, 0.717) is 5.56 Å². The van der Waals surface area contributed by atoms with Crippen molar-refractivity contribution in [2.75, 3.05) is 4.90 Å². The topological polar surface area (TPSA) is 27.0 Å². The van der Waals surface area contributed by atoms with E-state index in [1.807, 2.05) is 0 Å². The SMILES string of the molecule is CC1(C)c2ccccc2-c2ccc(-c3ccc4c5c(cccc35)-c3cc(C#N)cc5c3B4c3cc4ccccc4cc3N5c3ccc4ccccc4c3)cc21. The molecule has 0 aromatic heterocycles. The average Bonchev–Trinajstić information content (AvgIpc) is 3.46. The Kier molecular flexibility index (Phi) is 6.03. The number of rotatable bonds is 2. The summed E-state index contributed by atoms with van der Waals surface area (Å²) in [5.74, 6) is 0. The zero-order chi connectivity index (χ0) is 36.6. The van der Waals surface area contributed by atoms with Gasteiger partial charge < -0.3 is 4.90 Å². The highest BCUT2D eigenvalue weighted by Gasteiger charge is 2.42. The Labute approximate surface area is 320 Å². The van der Waals surface area contributed by atoms with Crippen LogP contribution < -0.4 is 21.3 Å². The zero-order valence-corrected chi connectivity index (χ0v) is 30.6. The fourth-order valence-electron chi connectivity index (χ4n) is 10.3. The van der Waals surface area contributed by atoms with Crippen molar-refractivity contribution in [3.05, 3.63) is 180 Å². The van der Waals surface area contributed by atoms with E-state index in [0.717, 1.165) is 22.6 Å². The molecule has 3 aliphatic rings. The molecule has 0 N–H and O–H groups in total. The first-order valence-electron chi connectivity index (χ1n) is 19.2. The summed E-state index contributed by atoms with van der Waals surface area (Å²) in [6, 6.07) is 63.0. The number of anilines is 3. The molecule has 3 heteroatoms. The van der Waals surface area contributed by atoms with Crippen molar-refractivity contribution >= 4 is 72.5 Å². The van der Waals surface area contributed by atoms with E-state index in [1.54, 1.807) is 0 Å². The second-order valence-corrected chi connectivity index (χ2v) is 16.0. The summed E-state index contributed by atoms with van der Waals surface area (Å²) >= 11 is 0. The van der Waals surface area contributed by atoms with E-state index in [9.17, 15) is 5.26 Å². The smallest absolute Gasteiger partial charge is 0.248 e. The van der Waals surface area contributed by atoms with Crippen LogP contribution in [-0.4, -0.2) is 6.71 Å². The van der Waals surface area contributed by atoms with Gasteiger partial charge in [0.2, 0.25) is 6.71 Å². The maximum Gasteiger partial charge on any atom is 0.248 e. The molecule has 0 amide bonds. The van der Waals surface area contributed by atoms with E-state index < -0.39 is 0 Å². The van der Waals surface area contributed by atoms with Crippen molar-refractivity contribution in [3.8, 4) is 39.4 Å². The van der Waals surface area contributed by atoms with Crippen molar-refractivity contribution in [1.29, 1.82) is 5.26 Å². The van der Waals surface area contributed by atoms with Crippen LogP contribution >= 0.6 is 0 Å². The minimum absolute atomic E-state index is 0.00559. The molecule has 0 spiro atoms. The molecule has 9 aromatic carbocycles. The Morgan fingerprint density at radius 1 is 0.509 bits per heavy atom. The molecule has 2 heterocycles. The predicted molar refractivity (Wildman–Crippen MR) is 231 cm³/mol. The Bertz CT molecular complexity index is 3220. The first-order valence-corrected chi connectivity index (χ1v) is 19.2. The van der Waals surface area contributed by atoms with Crippen LogP contribution in [0, 0.1) is 11.3 Å². The van der Waals surface area contributed by atoms with Gasteiger partial charge >= 0.3 is 0 Å². The Morgan fingerprint density at radius 2 is 1.22 bits per heavy atom. The van der Waals surface area contributed by atoms with Crippen molar-refractivity contribution in [1.82, 2.24) is 0 Å². The van der Waals surface area contributed by atoms with Crippen molar-refractivity contribution in [2.24, 2.45) is 0 Å². The van der Waals surface area contributed by atoms with Gasteiger partial charge in [0.15, 0.2) is 0 Å². The molecular formula is C52H33BN2. The summed E-state index contributed by atoms with van der Waals surface area (Å²) in [6.45, 7) is 4.70. The molecule has 1 aliphatic carbocycles. The van der Waals surface area contributed by atoms with Crippen LogP contribution in [0.5, 0.6) is 0 Å². The van der Waals surface area contributed by atoms with E-state index in [4.69, 9.17) is 0 Å². The van der Waals surface area contributed by atoms with Crippen LogP contribution in [0.15, 0.2) is 164 Å². The van der Waals surface area contributed by atoms with Crippen LogP contribution in [0.1, 0.15) is 30.5 Å². The monoisotopic (exact) mass is 696 g/mol. The van der Waals surface area contributed by atoms with E-state index in [2.05, 4.69) is 189 Å². The zero-order valence-electron chi connectivity index (χ0n) is 30.6. The highest BCUT2D eigenvalue weighted by molar-refractivity contribution is 7.01. The van der Waals surface area contributed by atoms with Crippen LogP contribution in [0.3, 0.4) is 0 Å². The van der Waals surface area contributed by atoms with Crippen molar-refractivity contribution in [3.63, 3.8) is 0 Å². The molecule has 9 aromatic rings. The second kappa shape index (κ2) is 10.8. The molecule has 0 bridgehead atoms. The predicted octanol–water partition coefficient (Wildman–Crippen LogP) is 11.3. The highest BCUT2D eigenvalue weighted by Crippen LogP contribution is 2.50. The number of hydrogen-bond donors (Lipinski definition) is 0. The Morgan fingerprint density at radius 3 is 2.05 bits per heavy atom. The third-order valence-electron chi connectivity index (χ3n) is 12.8. The van der Waals surface area contributed by atoms with Gasteiger partial charge in [-0.25, -0.2) is 0 Å². The molecule has 254 valence electrons. The lowest BCUT2D eigenvalue weighted by atomic mass is 9.32. The maximum absolute atomic E-state index is 10.6. The van der Waals surface area contributed by atoms with Crippen molar-refractivity contribution < 1.29 is 0 Å². The fraction of sp³-hybridized carbons (Fsp3) is 0.0577. The van der Waals surface area contributed by atoms with Crippen LogP contribution in [0.2, 0.25) is 0 Å². The molecular weight excluding hydrogens is 663 g/mol. The van der Waals surface area contributed by atoms with Crippen LogP contribution in [0.4, 0.5) is 17.1 Å². The first-order chi connectivity index (χ1) is 27.0. The third kappa shape index (κ3) is 4.09. The van der Waals surface area contributed by atoms with Gasteiger partial charge in [-0.2, -0.15) is 5.26 Å². The molecule has 0 saturated carbocycles. The standard InChI is InChI=1S/C52H33BN2/c1-52(2)44-17-8-7-14-39(44)40-21-19-36(27-45(40)52)38-22-23-46-50-41(38)15-9-16-42(50)43-24-31(30-54)25-49-51(43)53(46)47-28-34-12-5-6-13-35(34)29-48(47)55(49)37-20-18-32-10-3-4-11-33(32)26-37/h3-29H,1-2H3. The summed E-state index contributed by atoms with van der Waals surface area (Å²) in [5, 5.41) is 17.9. The fourth-order valence-corrected chi connectivity index (χ4v) is 10.3. The molecule has 2 aliphatic heterocycles. The molecule has 0 unspecified atom stereocenters. The molecule has 0 fully saturated rings. The number of benzene rings is 9. The summed E-state index contributed by atoms with van der Waals surface area (Å²) < 4.78 is 0. The van der Waals surface area contributed by atoms with Gasteiger partial charge in [-0.1, -0.05) is 147 Å². The van der Waals surface area contributed by atoms with E-state index >= 15 is 0 Å². The second-order valence-electron chi connectivity index (χ2n) is 16.0. The summed E-state index contributed by atoms with van der Waals surface area (Å²) in [6.07, 6.45) is 0. The number of nitrogens with zero attached hydrogens (tertiary/aromatic N) is 2. The summed E-state index contributed by atoms with van der Waals surface area (Å²) in [7, 11) is 0. The molecule has 12 rings (SSSR count). The minimum atomic E-state index is -0.0805. The van der Waals surface area contributed by atoms with Gasteiger partial charge in [-0.3, -0.25) is 0 Å². The van der Waals surface area contributed by atoms with Gasteiger partial charge in [0.1, 0.15) is 0 Å². The minimum Gasteiger partial charge on any atom is -0.311 e. The van der Waals surface area contributed by atoms with Gasteiger partial charge in [-0.15, -0.1) is 0 Å². The van der Waals surface area contributed by atoms with Crippen LogP contribution in [0.25, 0.3) is 65.7 Å². The first kappa shape index (κ1) is 30.6. The lowest BCUT2D eigenvalue weighted by Crippen LogP contribution is -2.59. The maximum atomic E-state index is 10.6. The third-order valence-corrected chi connectivity index (χ3v) is 12.8. The molecule has 55 heavy (non-hydrogen) atoms. The van der Waals surface area contributed by atoms with Crippen LogP contribution in [-0.2, 0) is 5.41 Å². The summed E-state index contributed by atoms with van der Waals surface area (Å²) in [4.78, 5) is 2.41. The van der Waals surface area contributed by atoms with Crippen molar-refractivity contribution in [2.45, 2.75) is 19.3 Å². The summed E-state index contributed by atoms with van der Waals surface area (Å²) in [5.41, 5.74) is 18.0. The highest BCUT2D eigenvalue weighted by atomic mass is 15.2. The van der Waals surface area contributed by atoms with Gasteiger partial charge in [0.05, 0.1) is 11.6 Å². The lowest BCUT2D eigenvalue weighted by molar-refractivity contribution is 0.660. The Balaban J connectivity index is 1.14. The molecule has 0 radical (unpaired) electrons. The van der Waals surface area contributed by atoms with Gasteiger partial charge in [0, 0.05) is 22.5 Å². The van der Waals surface area contributed by atoms with E-state index in [1.165, 1.54) is 87.6 Å². The Hall–Kier alpha value is -6.89. The average molecular weight is 697 g/mol. The van der Waals surface area contributed by atoms with Gasteiger partial charge in [0.25, 0.3) is 0 Å².